The van der Waals surface area contributed by atoms with Gasteiger partial charge in [-0.2, -0.15) is 5.10 Å². The van der Waals surface area contributed by atoms with Crippen molar-refractivity contribution >= 4 is 23.0 Å². The van der Waals surface area contributed by atoms with E-state index in [1.807, 2.05) is 29.8 Å². The van der Waals surface area contributed by atoms with Crippen LogP contribution >= 0.6 is 12.2 Å². The van der Waals surface area contributed by atoms with Crippen molar-refractivity contribution in [3.05, 3.63) is 47.3 Å². The molecule has 1 aromatic heterocycles. The highest BCUT2D eigenvalue weighted by atomic mass is 32.1. The van der Waals surface area contributed by atoms with Crippen molar-refractivity contribution in [2.75, 3.05) is 5.32 Å². The molecule has 0 aliphatic rings. The van der Waals surface area contributed by atoms with Crippen LogP contribution in [0.1, 0.15) is 30.7 Å². The molecule has 2 aromatic rings. The highest BCUT2D eigenvalue weighted by Gasteiger charge is 2.06. The predicted molar refractivity (Wildman–Crippen MR) is 91.5 cm³/mol. The van der Waals surface area contributed by atoms with Gasteiger partial charge in [0.15, 0.2) is 5.11 Å². The smallest absolute Gasteiger partial charge is 0.171 e. The molecule has 4 nitrogen and oxygen atoms in total. The number of nitrogens with zero attached hydrogens (tertiary/aromatic N) is 2. The first-order valence-corrected chi connectivity index (χ1v) is 7.70. The van der Waals surface area contributed by atoms with Gasteiger partial charge in [-0.15, -0.1) is 0 Å². The first-order chi connectivity index (χ1) is 10.1. The van der Waals surface area contributed by atoms with Gasteiger partial charge in [0.05, 0.1) is 5.69 Å². The van der Waals surface area contributed by atoms with Gasteiger partial charge in [0, 0.05) is 30.5 Å². The summed E-state index contributed by atoms with van der Waals surface area (Å²) in [5.74, 6) is 0. The summed E-state index contributed by atoms with van der Waals surface area (Å²) in [7, 11) is 0. The molecule has 0 spiro atoms. The summed E-state index contributed by atoms with van der Waals surface area (Å²) in [5.41, 5.74) is 4.54. The summed E-state index contributed by atoms with van der Waals surface area (Å²) in [5, 5.41) is 11.6. The fraction of sp³-hybridized carbons (Fsp3) is 0.375. The molecule has 0 amide bonds. The summed E-state index contributed by atoms with van der Waals surface area (Å²) in [6.07, 6.45) is 3.04. The van der Waals surface area contributed by atoms with Crippen LogP contribution in [0.3, 0.4) is 0 Å². The first-order valence-electron chi connectivity index (χ1n) is 7.29. The Morgan fingerprint density at radius 2 is 2.00 bits per heavy atom. The number of anilines is 1. The quantitative estimate of drug-likeness (QED) is 0.832. The second kappa shape index (κ2) is 7.22. The topological polar surface area (TPSA) is 41.9 Å². The third-order valence-electron chi connectivity index (χ3n) is 3.46. The van der Waals surface area contributed by atoms with Crippen molar-refractivity contribution in [2.45, 2.75) is 40.3 Å². The highest BCUT2D eigenvalue weighted by Crippen LogP contribution is 2.15. The van der Waals surface area contributed by atoms with Crippen LogP contribution in [0.4, 0.5) is 5.69 Å². The van der Waals surface area contributed by atoms with E-state index in [-0.39, 0.29) is 0 Å². The van der Waals surface area contributed by atoms with E-state index < -0.39 is 0 Å². The van der Waals surface area contributed by atoms with Crippen molar-refractivity contribution in [3.63, 3.8) is 0 Å². The standard InChI is InChI=1S/C16H22N4S/c1-4-13-8-6-7-9-15(13)18-16(21)17-10-14-11-20(5-2)19-12(14)3/h6-9,11H,4-5,10H2,1-3H3,(H2,17,18,21). The fourth-order valence-electron chi connectivity index (χ4n) is 2.19. The maximum atomic E-state index is 5.37. The highest BCUT2D eigenvalue weighted by molar-refractivity contribution is 7.80. The van der Waals surface area contributed by atoms with Gasteiger partial charge in [-0.3, -0.25) is 4.68 Å². The molecule has 0 fully saturated rings. The van der Waals surface area contributed by atoms with Gasteiger partial charge in [-0.1, -0.05) is 25.1 Å². The Balaban J connectivity index is 1.94. The summed E-state index contributed by atoms with van der Waals surface area (Å²) in [6.45, 7) is 7.81. The van der Waals surface area contributed by atoms with E-state index in [1.165, 1.54) is 11.1 Å². The largest absolute Gasteiger partial charge is 0.358 e. The SMILES string of the molecule is CCc1ccccc1NC(=S)NCc1cn(CC)nc1C. The summed E-state index contributed by atoms with van der Waals surface area (Å²) in [6, 6.07) is 8.22. The van der Waals surface area contributed by atoms with E-state index in [0.29, 0.717) is 11.7 Å². The van der Waals surface area contributed by atoms with Gasteiger partial charge < -0.3 is 10.6 Å². The molecular weight excluding hydrogens is 280 g/mol. The zero-order valence-electron chi connectivity index (χ0n) is 12.8. The van der Waals surface area contributed by atoms with Crippen molar-refractivity contribution in [2.24, 2.45) is 0 Å². The number of benzene rings is 1. The minimum atomic E-state index is 0.638. The summed E-state index contributed by atoms with van der Waals surface area (Å²) < 4.78 is 1.94. The van der Waals surface area contributed by atoms with Crippen LogP contribution in [0.2, 0.25) is 0 Å². The van der Waals surface area contributed by atoms with Crippen LogP contribution in [-0.4, -0.2) is 14.9 Å². The number of rotatable bonds is 5. The molecule has 0 radical (unpaired) electrons. The van der Waals surface area contributed by atoms with Gasteiger partial charge in [-0.25, -0.2) is 0 Å². The van der Waals surface area contributed by atoms with E-state index in [4.69, 9.17) is 12.2 Å². The molecule has 1 heterocycles. The van der Waals surface area contributed by atoms with Crippen LogP contribution in [-0.2, 0) is 19.5 Å². The first kappa shape index (κ1) is 15.5. The Morgan fingerprint density at radius 1 is 1.24 bits per heavy atom. The summed E-state index contributed by atoms with van der Waals surface area (Å²) >= 11 is 5.37. The molecule has 0 saturated heterocycles. The fourth-order valence-corrected chi connectivity index (χ4v) is 2.37. The molecule has 1 aromatic carbocycles. The maximum absolute atomic E-state index is 5.37. The van der Waals surface area contributed by atoms with Crippen molar-refractivity contribution in [1.82, 2.24) is 15.1 Å². The van der Waals surface area contributed by atoms with E-state index in [2.05, 4.69) is 41.8 Å². The average Bonchev–Trinajstić information content (AvgIpc) is 2.86. The number of para-hydroxylation sites is 1. The number of nitrogens with one attached hydrogen (secondary N) is 2. The van der Waals surface area contributed by atoms with Gasteiger partial charge in [0.2, 0.25) is 0 Å². The lowest BCUT2D eigenvalue weighted by molar-refractivity contribution is 0.653. The Bertz CT molecular complexity index is 618. The zero-order valence-corrected chi connectivity index (χ0v) is 13.6. The normalized spacial score (nSPS) is 10.4. The van der Waals surface area contributed by atoms with Crippen LogP contribution in [0.5, 0.6) is 0 Å². The Labute approximate surface area is 131 Å². The molecule has 0 unspecified atom stereocenters. The molecule has 0 atom stereocenters. The molecule has 2 rings (SSSR count). The van der Waals surface area contributed by atoms with Gasteiger partial charge in [0.25, 0.3) is 0 Å². The van der Waals surface area contributed by atoms with Crippen molar-refractivity contribution in [1.29, 1.82) is 0 Å². The van der Waals surface area contributed by atoms with E-state index in [0.717, 1.165) is 24.3 Å². The van der Waals surface area contributed by atoms with Crippen molar-refractivity contribution in [3.8, 4) is 0 Å². The molecule has 0 aliphatic carbocycles. The Hall–Kier alpha value is -1.88. The number of thiocarbonyl (C=S) groups is 1. The van der Waals surface area contributed by atoms with Crippen molar-refractivity contribution < 1.29 is 0 Å². The van der Waals surface area contributed by atoms with E-state index >= 15 is 0 Å². The Kier molecular flexibility index (Phi) is 5.33. The number of aryl methyl sites for hydroxylation is 3. The lowest BCUT2D eigenvalue weighted by atomic mass is 10.1. The second-order valence-corrected chi connectivity index (χ2v) is 5.32. The van der Waals surface area contributed by atoms with Crippen LogP contribution in [0.25, 0.3) is 0 Å². The van der Waals surface area contributed by atoms with Crippen LogP contribution in [0.15, 0.2) is 30.5 Å². The average molecular weight is 302 g/mol. The number of aromatic nitrogens is 2. The minimum absolute atomic E-state index is 0.638. The zero-order chi connectivity index (χ0) is 15.2. The molecule has 0 saturated carbocycles. The molecule has 112 valence electrons. The number of hydrogen-bond acceptors (Lipinski definition) is 2. The monoisotopic (exact) mass is 302 g/mol. The molecule has 21 heavy (non-hydrogen) atoms. The third kappa shape index (κ3) is 4.04. The molecule has 0 aliphatic heterocycles. The van der Waals surface area contributed by atoms with Crippen LogP contribution < -0.4 is 10.6 Å². The lowest BCUT2D eigenvalue weighted by Crippen LogP contribution is -2.28. The van der Waals surface area contributed by atoms with Gasteiger partial charge in [0.1, 0.15) is 0 Å². The maximum Gasteiger partial charge on any atom is 0.171 e. The molecule has 5 heteroatoms. The van der Waals surface area contributed by atoms with E-state index in [1.54, 1.807) is 0 Å². The third-order valence-corrected chi connectivity index (χ3v) is 3.70. The number of hydrogen-bond donors (Lipinski definition) is 2. The van der Waals surface area contributed by atoms with Gasteiger partial charge in [-0.05, 0) is 44.1 Å². The summed E-state index contributed by atoms with van der Waals surface area (Å²) in [4.78, 5) is 0. The molecular formula is C16H22N4S. The van der Waals surface area contributed by atoms with E-state index in [9.17, 15) is 0 Å². The molecule has 0 bridgehead atoms. The van der Waals surface area contributed by atoms with Crippen LogP contribution in [0, 0.1) is 6.92 Å². The minimum Gasteiger partial charge on any atom is -0.358 e. The predicted octanol–water partition coefficient (Wildman–Crippen LogP) is 3.26. The second-order valence-electron chi connectivity index (χ2n) is 4.91. The Morgan fingerprint density at radius 3 is 2.67 bits per heavy atom. The lowest BCUT2D eigenvalue weighted by Gasteiger charge is -2.13. The van der Waals surface area contributed by atoms with Gasteiger partial charge >= 0.3 is 0 Å². The molecule has 2 N–H and O–H groups in total.